The highest BCUT2D eigenvalue weighted by molar-refractivity contribution is 6.07. The Morgan fingerprint density at radius 2 is 1.75 bits per heavy atom. The van der Waals surface area contributed by atoms with Gasteiger partial charge in [0.1, 0.15) is 5.69 Å². The Balaban J connectivity index is 1.97. The van der Waals surface area contributed by atoms with Gasteiger partial charge < -0.3 is 14.6 Å². The van der Waals surface area contributed by atoms with Gasteiger partial charge >= 0.3 is 5.97 Å². The van der Waals surface area contributed by atoms with Gasteiger partial charge in [-0.25, -0.2) is 4.79 Å². The number of ketones is 1. The van der Waals surface area contributed by atoms with Crippen LogP contribution in [0.3, 0.4) is 0 Å². The summed E-state index contributed by atoms with van der Waals surface area (Å²) in [6, 6.07) is 13.5. The van der Waals surface area contributed by atoms with Crippen LogP contribution >= 0.6 is 0 Å². The van der Waals surface area contributed by atoms with Crippen molar-refractivity contribution < 1.29 is 19.1 Å². The zero-order chi connectivity index (χ0) is 23.3. The molecule has 0 spiro atoms. The molecule has 1 amide bonds. The maximum absolute atomic E-state index is 13.6. The van der Waals surface area contributed by atoms with Gasteiger partial charge in [-0.3, -0.25) is 14.6 Å². The molecule has 2 aromatic heterocycles. The van der Waals surface area contributed by atoms with E-state index in [1.54, 1.807) is 64.2 Å². The summed E-state index contributed by atoms with van der Waals surface area (Å²) in [5, 5.41) is 0. The molecule has 1 atom stereocenters. The van der Waals surface area contributed by atoms with Gasteiger partial charge in [0.15, 0.2) is 5.78 Å². The van der Waals surface area contributed by atoms with Crippen molar-refractivity contribution in [2.75, 3.05) is 6.61 Å². The number of hydrogen-bond donors (Lipinski definition) is 1. The molecule has 166 valence electrons. The standard InChI is InChI=1S/C25H27N3O4/c1-5-32-25(31)22-16(2)21(17(3)27-22)23(29)18(4)28(15-20-13-9-10-14-26-20)24(30)19-11-7-6-8-12-19/h6-14,18,27H,5,15H2,1-4H3. The largest absolute Gasteiger partial charge is 0.461 e. The Bertz CT molecular complexity index is 1110. The first-order valence-corrected chi connectivity index (χ1v) is 10.5. The molecule has 7 nitrogen and oxygen atoms in total. The van der Waals surface area contributed by atoms with E-state index in [0.717, 1.165) is 0 Å². The molecule has 0 aliphatic carbocycles. The van der Waals surface area contributed by atoms with Crippen LogP contribution in [0.15, 0.2) is 54.7 Å². The van der Waals surface area contributed by atoms with Crippen LogP contribution in [0.25, 0.3) is 0 Å². The van der Waals surface area contributed by atoms with Crippen LogP contribution < -0.4 is 0 Å². The molecule has 7 heteroatoms. The maximum atomic E-state index is 13.6. The van der Waals surface area contributed by atoms with Crippen molar-refractivity contribution >= 4 is 17.7 Å². The van der Waals surface area contributed by atoms with E-state index in [9.17, 15) is 14.4 Å². The van der Waals surface area contributed by atoms with Crippen LogP contribution in [0, 0.1) is 13.8 Å². The van der Waals surface area contributed by atoms with E-state index in [-0.39, 0.29) is 30.5 Å². The van der Waals surface area contributed by atoms with Crippen LogP contribution in [0.1, 0.15) is 62.0 Å². The number of carbonyl (C=O) groups is 3. The predicted octanol–water partition coefficient (Wildman–Crippen LogP) is 4.12. The first-order chi connectivity index (χ1) is 15.3. The lowest BCUT2D eigenvalue weighted by Crippen LogP contribution is -2.43. The molecule has 0 saturated carbocycles. The highest BCUT2D eigenvalue weighted by atomic mass is 16.5. The number of aryl methyl sites for hydroxylation is 1. The van der Waals surface area contributed by atoms with Gasteiger partial charge in [-0.05, 0) is 57.5 Å². The van der Waals surface area contributed by atoms with Gasteiger partial charge in [0, 0.05) is 23.0 Å². The second kappa shape index (κ2) is 10.0. The summed E-state index contributed by atoms with van der Waals surface area (Å²) in [4.78, 5) is 48.0. The minimum absolute atomic E-state index is 0.175. The van der Waals surface area contributed by atoms with Crippen molar-refractivity contribution in [3.8, 4) is 0 Å². The number of aromatic amines is 1. The predicted molar refractivity (Wildman–Crippen MR) is 121 cm³/mol. The molecular formula is C25H27N3O4. The van der Waals surface area contributed by atoms with Gasteiger partial charge in [0.05, 0.1) is 24.9 Å². The van der Waals surface area contributed by atoms with E-state index in [2.05, 4.69) is 9.97 Å². The van der Waals surface area contributed by atoms with E-state index < -0.39 is 12.0 Å². The van der Waals surface area contributed by atoms with Crippen molar-refractivity contribution in [3.05, 3.63) is 88.5 Å². The van der Waals surface area contributed by atoms with Crippen LogP contribution in [-0.2, 0) is 11.3 Å². The fourth-order valence-electron chi connectivity index (χ4n) is 3.67. The molecule has 0 saturated heterocycles. The number of hydrogen-bond acceptors (Lipinski definition) is 5. The fraction of sp³-hybridized carbons (Fsp3) is 0.280. The molecule has 0 bridgehead atoms. The number of carbonyl (C=O) groups excluding carboxylic acids is 3. The Morgan fingerprint density at radius 3 is 2.38 bits per heavy atom. The van der Waals surface area contributed by atoms with Crippen LogP contribution in [0.4, 0.5) is 0 Å². The smallest absolute Gasteiger partial charge is 0.355 e. The summed E-state index contributed by atoms with van der Waals surface area (Å²) < 4.78 is 5.09. The van der Waals surface area contributed by atoms with Crippen molar-refractivity contribution in [3.63, 3.8) is 0 Å². The molecule has 1 aromatic carbocycles. The number of esters is 1. The average molecular weight is 434 g/mol. The Labute approximate surface area is 187 Å². The number of nitrogens with one attached hydrogen (secondary N) is 1. The SMILES string of the molecule is CCOC(=O)c1[nH]c(C)c(C(=O)C(C)N(Cc2ccccn2)C(=O)c2ccccc2)c1C. The number of benzene rings is 1. The minimum atomic E-state index is -0.784. The van der Waals surface area contributed by atoms with Gasteiger partial charge in [0.25, 0.3) is 5.91 Å². The third-order valence-corrected chi connectivity index (χ3v) is 5.35. The zero-order valence-corrected chi connectivity index (χ0v) is 18.7. The minimum Gasteiger partial charge on any atom is -0.461 e. The van der Waals surface area contributed by atoms with Crippen molar-refractivity contribution in [2.45, 2.75) is 40.3 Å². The second-order valence-corrected chi connectivity index (χ2v) is 7.51. The third kappa shape index (κ3) is 4.77. The summed E-state index contributed by atoms with van der Waals surface area (Å²) in [5.41, 5.74) is 2.89. The quantitative estimate of drug-likeness (QED) is 0.426. The Hall–Kier alpha value is -3.74. The first-order valence-electron chi connectivity index (χ1n) is 10.5. The summed E-state index contributed by atoms with van der Waals surface area (Å²) in [7, 11) is 0. The van der Waals surface area contributed by atoms with E-state index in [1.165, 1.54) is 4.90 Å². The summed E-state index contributed by atoms with van der Waals surface area (Å²) in [5.74, 6) is -1.04. The topological polar surface area (TPSA) is 92.4 Å². The maximum Gasteiger partial charge on any atom is 0.355 e. The number of ether oxygens (including phenoxy) is 1. The normalized spacial score (nSPS) is 11.6. The highest BCUT2D eigenvalue weighted by Gasteiger charge is 2.32. The molecule has 0 radical (unpaired) electrons. The van der Waals surface area contributed by atoms with Gasteiger partial charge in [-0.1, -0.05) is 24.3 Å². The summed E-state index contributed by atoms with van der Waals surface area (Å²) in [6.45, 7) is 7.27. The fourth-order valence-corrected chi connectivity index (χ4v) is 3.67. The summed E-state index contributed by atoms with van der Waals surface area (Å²) in [6.07, 6.45) is 1.65. The molecule has 32 heavy (non-hydrogen) atoms. The van der Waals surface area contributed by atoms with Crippen molar-refractivity contribution in [2.24, 2.45) is 0 Å². The van der Waals surface area contributed by atoms with Crippen LogP contribution in [-0.4, -0.2) is 45.2 Å². The number of pyridine rings is 1. The van der Waals surface area contributed by atoms with E-state index in [0.29, 0.717) is 28.1 Å². The zero-order valence-electron chi connectivity index (χ0n) is 18.7. The molecule has 3 aromatic rings. The van der Waals surface area contributed by atoms with Crippen LogP contribution in [0.2, 0.25) is 0 Å². The van der Waals surface area contributed by atoms with Gasteiger partial charge in [0.2, 0.25) is 0 Å². The van der Waals surface area contributed by atoms with Crippen molar-refractivity contribution in [1.82, 2.24) is 14.9 Å². The Morgan fingerprint density at radius 1 is 1.06 bits per heavy atom. The number of rotatable bonds is 8. The Kier molecular flexibility index (Phi) is 7.20. The molecular weight excluding hydrogens is 406 g/mol. The van der Waals surface area contributed by atoms with Gasteiger partial charge in [-0.15, -0.1) is 0 Å². The molecule has 2 heterocycles. The number of nitrogens with zero attached hydrogens (tertiary/aromatic N) is 2. The van der Waals surface area contributed by atoms with Crippen LogP contribution in [0.5, 0.6) is 0 Å². The lowest BCUT2D eigenvalue weighted by molar-refractivity contribution is 0.0518. The van der Waals surface area contributed by atoms with Crippen molar-refractivity contribution in [1.29, 1.82) is 0 Å². The van der Waals surface area contributed by atoms with Gasteiger partial charge in [-0.2, -0.15) is 0 Å². The molecule has 0 fully saturated rings. The third-order valence-electron chi connectivity index (χ3n) is 5.35. The first kappa shape index (κ1) is 22.9. The number of aromatic nitrogens is 2. The van der Waals surface area contributed by atoms with E-state index >= 15 is 0 Å². The molecule has 3 rings (SSSR count). The lowest BCUT2D eigenvalue weighted by atomic mass is 9.99. The van der Waals surface area contributed by atoms with E-state index in [1.807, 2.05) is 18.2 Å². The average Bonchev–Trinajstić information content (AvgIpc) is 3.11. The molecule has 1 unspecified atom stereocenters. The molecule has 0 aliphatic rings. The number of amides is 1. The van der Waals surface area contributed by atoms with E-state index in [4.69, 9.17) is 4.74 Å². The molecule has 1 N–H and O–H groups in total. The monoisotopic (exact) mass is 433 g/mol. The molecule has 0 aliphatic heterocycles. The number of Topliss-reactive ketones (excluding diaryl/α,β-unsaturated/α-hetero) is 1. The highest BCUT2D eigenvalue weighted by Crippen LogP contribution is 2.23. The summed E-state index contributed by atoms with van der Waals surface area (Å²) >= 11 is 0. The second-order valence-electron chi connectivity index (χ2n) is 7.51. The number of H-pyrrole nitrogens is 1. The lowest BCUT2D eigenvalue weighted by Gasteiger charge is -2.28.